The summed E-state index contributed by atoms with van der Waals surface area (Å²) in [6, 6.07) is 20.6. The van der Waals surface area contributed by atoms with Gasteiger partial charge in [-0.3, -0.25) is 9.59 Å². The summed E-state index contributed by atoms with van der Waals surface area (Å²) in [6.07, 6.45) is 0. The van der Waals surface area contributed by atoms with Crippen LogP contribution in [0.15, 0.2) is 72.1 Å². The maximum Gasteiger partial charge on any atom is 0.254 e. The van der Waals surface area contributed by atoms with E-state index in [2.05, 4.69) is 0 Å². The Morgan fingerprint density at radius 1 is 0.793 bits per heavy atom. The molecule has 1 aromatic heterocycles. The van der Waals surface area contributed by atoms with Gasteiger partial charge in [0.1, 0.15) is 12.4 Å². The molecule has 1 aliphatic heterocycles. The van der Waals surface area contributed by atoms with Crippen LogP contribution in [0.25, 0.3) is 0 Å². The first-order valence-corrected chi connectivity index (χ1v) is 10.5. The third kappa shape index (κ3) is 4.66. The van der Waals surface area contributed by atoms with E-state index in [9.17, 15) is 9.59 Å². The van der Waals surface area contributed by atoms with Gasteiger partial charge in [0.05, 0.1) is 0 Å². The molecule has 0 unspecified atom stereocenters. The van der Waals surface area contributed by atoms with Crippen LogP contribution in [0.1, 0.15) is 25.6 Å². The van der Waals surface area contributed by atoms with Crippen molar-refractivity contribution < 1.29 is 14.3 Å². The lowest BCUT2D eigenvalue weighted by Gasteiger charge is -2.35. The van der Waals surface area contributed by atoms with Gasteiger partial charge < -0.3 is 14.5 Å². The average molecular weight is 407 g/mol. The van der Waals surface area contributed by atoms with Crippen molar-refractivity contribution in [2.75, 3.05) is 26.2 Å². The van der Waals surface area contributed by atoms with Gasteiger partial charge in [-0.05, 0) is 41.8 Å². The number of carbonyl (C=O) groups excluding carboxylic acids is 2. The molecule has 0 spiro atoms. The molecule has 0 bridgehead atoms. The van der Waals surface area contributed by atoms with Crippen LogP contribution in [0.4, 0.5) is 0 Å². The topological polar surface area (TPSA) is 49.9 Å². The Morgan fingerprint density at radius 2 is 1.45 bits per heavy atom. The van der Waals surface area contributed by atoms with E-state index in [0.29, 0.717) is 49.7 Å². The SMILES string of the molecule is O=C(c1ccccc1)N1CCN(C(=O)c2cccc(OCc3cccs3)c2)CC1. The summed E-state index contributed by atoms with van der Waals surface area (Å²) in [5, 5.41) is 2.01. The Hall–Kier alpha value is -3.12. The average Bonchev–Trinajstić information content (AvgIpc) is 3.31. The van der Waals surface area contributed by atoms with E-state index in [0.717, 1.165) is 4.88 Å². The molecule has 0 N–H and O–H groups in total. The number of ether oxygens (including phenoxy) is 1. The molecule has 1 aliphatic rings. The molecule has 2 heterocycles. The van der Waals surface area contributed by atoms with Crippen LogP contribution < -0.4 is 4.74 Å². The van der Waals surface area contributed by atoms with E-state index >= 15 is 0 Å². The highest BCUT2D eigenvalue weighted by Gasteiger charge is 2.25. The molecular weight excluding hydrogens is 384 g/mol. The Labute approximate surface area is 174 Å². The second-order valence-corrected chi connectivity index (χ2v) is 7.88. The van der Waals surface area contributed by atoms with Gasteiger partial charge in [-0.25, -0.2) is 0 Å². The minimum Gasteiger partial charge on any atom is -0.488 e. The van der Waals surface area contributed by atoms with Crippen LogP contribution in [-0.2, 0) is 6.61 Å². The molecule has 29 heavy (non-hydrogen) atoms. The Kier molecular flexibility index (Phi) is 5.91. The summed E-state index contributed by atoms with van der Waals surface area (Å²) in [5.74, 6) is 0.669. The minimum atomic E-state index is -0.0293. The molecule has 0 atom stereocenters. The molecule has 6 heteroatoms. The normalized spacial score (nSPS) is 13.9. The van der Waals surface area contributed by atoms with Crippen molar-refractivity contribution >= 4 is 23.2 Å². The highest BCUT2D eigenvalue weighted by Crippen LogP contribution is 2.19. The van der Waals surface area contributed by atoms with Gasteiger partial charge in [-0.15, -0.1) is 11.3 Å². The van der Waals surface area contributed by atoms with Crippen molar-refractivity contribution in [1.82, 2.24) is 9.80 Å². The molecule has 5 nitrogen and oxygen atoms in total. The Morgan fingerprint density at radius 3 is 2.10 bits per heavy atom. The number of piperazine rings is 1. The van der Waals surface area contributed by atoms with Crippen molar-refractivity contribution in [2.45, 2.75) is 6.61 Å². The molecule has 0 aliphatic carbocycles. The van der Waals surface area contributed by atoms with E-state index in [1.165, 1.54) is 0 Å². The largest absolute Gasteiger partial charge is 0.488 e. The van der Waals surface area contributed by atoms with E-state index in [1.807, 2.05) is 66.0 Å². The molecule has 3 aromatic rings. The van der Waals surface area contributed by atoms with Crippen molar-refractivity contribution in [3.63, 3.8) is 0 Å². The standard InChI is InChI=1S/C23H22N2O3S/c26-22(18-6-2-1-3-7-18)24-11-13-25(14-12-24)23(27)19-8-4-9-20(16-19)28-17-21-10-5-15-29-21/h1-10,15-16H,11-14,17H2. The van der Waals surface area contributed by atoms with Crippen LogP contribution in [0.2, 0.25) is 0 Å². The molecule has 2 amide bonds. The number of amides is 2. The number of benzene rings is 2. The first kappa shape index (κ1) is 19.2. The third-order valence-corrected chi connectivity index (χ3v) is 5.77. The summed E-state index contributed by atoms with van der Waals surface area (Å²) < 4.78 is 5.81. The lowest BCUT2D eigenvalue weighted by atomic mass is 10.1. The summed E-state index contributed by atoms with van der Waals surface area (Å²) in [6.45, 7) is 2.62. The summed E-state index contributed by atoms with van der Waals surface area (Å²) in [4.78, 5) is 30.2. The highest BCUT2D eigenvalue weighted by molar-refractivity contribution is 7.09. The number of carbonyl (C=O) groups is 2. The predicted molar refractivity (Wildman–Crippen MR) is 113 cm³/mol. The molecule has 1 fully saturated rings. The number of nitrogens with zero attached hydrogens (tertiary/aromatic N) is 2. The molecule has 1 saturated heterocycles. The number of hydrogen-bond donors (Lipinski definition) is 0. The predicted octanol–water partition coefficient (Wildman–Crippen LogP) is 3.93. The summed E-state index contributed by atoms with van der Waals surface area (Å²) in [7, 11) is 0. The van der Waals surface area contributed by atoms with Gasteiger partial charge >= 0.3 is 0 Å². The van der Waals surface area contributed by atoms with E-state index in [4.69, 9.17) is 4.74 Å². The molecule has 4 rings (SSSR count). The van der Waals surface area contributed by atoms with Crippen molar-refractivity contribution in [3.05, 3.63) is 88.1 Å². The fourth-order valence-corrected chi connectivity index (χ4v) is 3.94. The zero-order chi connectivity index (χ0) is 20.1. The summed E-state index contributed by atoms with van der Waals surface area (Å²) >= 11 is 1.64. The first-order valence-electron chi connectivity index (χ1n) is 9.59. The van der Waals surface area contributed by atoms with E-state index < -0.39 is 0 Å². The van der Waals surface area contributed by atoms with Crippen LogP contribution in [0.3, 0.4) is 0 Å². The van der Waals surface area contributed by atoms with Crippen molar-refractivity contribution in [3.8, 4) is 5.75 Å². The quantitative estimate of drug-likeness (QED) is 0.645. The number of thiophene rings is 1. The third-order valence-electron chi connectivity index (χ3n) is 4.92. The fraction of sp³-hybridized carbons (Fsp3) is 0.217. The van der Waals surface area contributed by atoms with Gasteiger partial charge in [0.2, 0.25) is 0 Å². The van der Waals surface area contributed by atoms with Crippen molar-refractivity contribution in [1.29, 1.82) is 0 Å². The second kappa shape index (κ2) is 8.92. The smallest absolute Gasteiger partial charge is 0.254 e. The molecule has 2 aromatic carbocycles. The van der Waals surface area contributed by atoms with Crippen LogP contribution >= 0.6 is 11.3 Å². The van der Waals surface area contributed by atoms with Gasteiger partial charge in [-0.1, -0.05) is 30.3 Å². The monoisotopic (exact) mass is 406 g/mol. The fourth-order valence-electron chi connectivity index (χ4n) is 3.33. The zero-order valence-corrected chi connectivity index (χ0v) is 16.8. The molecular formula is C23H22N2O3S. The lowest BCUT2D eigenvalue weighted by molar-refractivity contribution is 0.0535. The minimum absolute atomic E-state index is 0.0154. The molecule has 0 saturated carbocycles. The highest BCUT2D eigenvalue weighted by atomic mass is 32.1. The summed E-state index contributed by atoms with van der Waals surface area (Å²) in [5.41, 5.74) is 1.29. The molecule has 0 radical (unpaired) electrons. The van der Waals surface area contributed by atoms with Gasteiger partial charge in [0.15, 0.2) is 0 Å². The number of rotatable bonds is 5. The van der Waals surface area contributed by atoms with Crippen LogP contribution in [0.5, 0.6) is 5.75 Å². The van der Waals surface area contributed by atoms with E-state index in [-0.39, 0.29) is 11.8 Å². The Balaban J connectivity index is 1.34. The number of hydrogen-bond acceptors (Lipinski definition) is 4. The Bertz CT molecular complexity index is 965. The maximum absolute atomic E-state index is 12.9. The van der Waals surface area contributed by atoms with Crippen LogP contribution in [0, 0.1) is 0 Å². The van der Waals surface area contributed by atoms with Gasteiger partial charge in [0, 0.05) is 42.2 Å². The van der Waals surface area contributed by atoms with E-state index in [1.54, 1.807) is 27.2 Å². The first-order chi connectivity index (χ1) is 14.2. The zero-order valence-electron chi connectivity index (χ0n) is 16.0. The van der Waals surface area contributed by atoms with Crippen molar-refractivity contribution in [2.24, 2.45) is 0 Å². The van der Waals surface area contributed by atoms with Gasteiger partial charge in [0.25, 0.3) is 11.8 Å². The van der Waals surface area contributed by atoms with Crippen LogP contribution in [-0.4, -0.2) is 47.8 Å². The maximum atomic E-state index is 12.9. The second-order valence-electron chi connectivity index (χ2n) is 6.85. The van der Waals surface area contributed by atoms with Gasteiger partial charge in [-0.2, -0.15) is 0 Å². The lowest BCUT2D eigenvalue weighted by Crippen LogP contribution is -2.50. The molecule has 148 valence electrons.